The molecule has 1 aromatic carbocycles. The van der Waals surface area contributed by atoms with Crippen molar-refractivity contribution in [2.45, 2.75) is 19.6 Å². The van der Waals surface area contributed by atoms with Crippen LogP contribution in [0.5, 0.6) is 0 Å². The van der Waals surface area contributed by atoms with Gasteiger partial charge in [-0.1, -0.05) is 0 Å². The van der Waals surface area contributed by atoms with Gasteiger partial charge < -0.3 is 14.5 Å². The lowest BCUT2D eigenvalue weighted by atomic mass is 10.1. The quantitative estimate of drug-likeness (QED) is 0.618. The minimum absolute atomic E-state index is 0.0518. The monoisotopic (exact) mass is 346 g/mol. The predicted octanol–water partition coefficient (Wildman–Crippen LogP) is 2.27. The highest BCUT2D eigenvalue weighted by Crippen LogP contribution is 2.19. The molecule has 0 radical (unpaired) electrons. The number of hydrogen-bond acceptors (Lipinski definition) is 3. The van der Waals surface area contributed by atoms with Gasteiger partial charge in [-0.05, 0) is 30.3 Å². The molecule has 130 valence electrons. The summed E-state index contributed by atoms with van der Waals surface area (Å²) in [5, 5.41) is 5.27. The molecule has 4 heterocycles. The Kier molecular flexibility index (Phi) is 3.38. The number of benzene rings is 1. The first-order valence-corrected chi connectivity index (χ1v) is 8.65. The van der Waals surface area contributed by atoms with Crippen LogP contribution in [0.2, 0.25) is 0 Å². The van der Waals surface area contributed by atoms with Crippen LogP contribution in [0.4, 0.5) is 0 Å². The summed E-state index contributed by atoms with van der Waals surface area (Å²) in [4.78, 5) is 22.6. The zero-order chi connectivity index (χ0) is 17.5. The van der Waals surface area contributed by atoms with Gasteiger partial charge in [-0.15, -0.1) is 0 Å². The summed E-state index contributed by atoms with van der Waals surface area (Å²) >= 11 is 0. The van der Waals surface area contributed by atoms with Crippen molar-refractivity contribution in [1.82, 2.24) is 29.2 Å². The van der Waals surface area contributed by atoms with E-state index in [9.17, 15) is 4.79 Å². The van der Waals surface area contributed by atoms with E-state index in [0.717, 1.165) is 29.0 Å². The number of aromatic nitrogens is 5. The van der Waals surface area contributed by atoms with Crippen LogP contribution in [0.25, 0.3) is 10.9 Å². The van der Waals surface area contributed by atoms with Crippen LogP contribution in [-0.4, -0.2) is 41.7 Å². The van der Waals surface area contributed by atoms with Crippen LogP contribution in [0.15, 0.2) is 55.1 Å². The molecule has 0 atom stereocenters. The van der Waals surface area contributed by atoms with Gasteiger partial charge in [-0.2, -0.15) is 5.10 Å². The number of hydrogen-bond donors (Lipinski definition) is 1. The Morgan fingerprint density at radius 3 is 3.08 bits per heavy atom. The zero-order valence-corrected chi connectivity index (χ0v) is 14.2. The van der Waals surface area contributed by atoms with Crippen LogP contribution in [0.3, 0.4) is 0 Å². The predicted molar refractivity (Wildman–Crippen MR) is 96.6 cm³/mol. The molecule has 1 amide bonds. The van der Waals surface area contributed by atoms with Crippen molar-refractivity contribution >= 4 is 16.8 Å². The summed E-state index contributed by atoms with van der Waals surface area (Å²) in [6, 6.07) is 9.66. The Balaban J connectivity index is 1.36. The lowest BCUT2D eigenvalue weighted by molar-refractivity contribution is 0.0707. The highest BCUT2D eigenvalue weighted by atomic mass is 16.2. The smallest absolute Gasteiger partial charge is 0.254 e. The van der Waals surface area contributed by atoms with Crippen LogP contribution >= 0.6 is 0 Å². The van der Waals surface area contributed by atoms with Crippen LogP contribution in [-0.2, 0) is 19.6 Å². The standard InChI is InChI=1S/C19H18N6O/c26-19(15-2-3-17-14(10-15)4-6-20-17)24-9-8-23-11-16(22-18(23)13-24)12-25-7-1-5-21-25/h1-7,10-11,20H,8-9,12-13H2. The number of aromatic amines is 1. The molecule has 1 aliphatic rings. The largest absolute Gasteiger partial charge is 0.361 e. The summed E-state index contributed by atoms with van der Waals surface area (Å²) in [7, 11) is 0. The van der Waals surface area contributed by atoms with E-state index in [0.29, 0.717) is 25.2 Å². The second-order valence-electron chi connectivity index (χ2n) is 6.55. The molecule has 0 saturated heterocycles. The second kappa shape index (κ2) is 5.87. The van der Waals surface area contributed by atoms with Crippen molar-refractivity contribution in [2.24, 2.45) is 0 Å². The van der Waals surface area contributed by atoms with Gasteiger partial charge in [-0.3, -0.25) is 9.48 Å². The van der Waals surface area contributed by atoms with E-state index in [1.807, 2.05) is 52.3 Å². The Morgan fingerprint density at radius 1 is 1.23 bits per heavy atom. The fourth-order valence-corrected chi connectivity index (χ4v) is 3.49. The normalized spacial score (nSPS) is 13.9. The maximum Gasteiger partial charge on any atom is 0.254 e. The second-order valence-corrected chi connectivity index (χ2v) is 6.55. The number of amides is 1. The highest BCUT2D eigenvalue weighted by Gasteiger charge is 2.23. The van der Waals surface area contributed by atoms with Crippen molar-refractivity contribution in [1.29, 1.82) is 0 Å². The minimum Gasteiger partial charge on any atom is -0.361 e. The topological polar surface area (TPSA) is 71.7 Å². The molecular weight excluding hydrogens is 328 g/mol. The van der Waals surface area contributed by atoms with E-state index in [1.54, 1.807) is 6.20 Å². The number of H-pyrrole nitrogens is 1. The molecule has 3 aromatic heterocycles. The van der Waals surface area contributed by atoms with Gasteiger partial charge in [0.15, 0.2) is 0 Å². The molecule has 5 rings (SSSR count). The van der Waals surface area contributed by atoms with Crippen LogP contribution in [0, 0.1) is 0 Å². The Hall–Kier alpha value is -3.35. The summed E-state index contributed by atoms with van der Waals surface area (Å²) < 4.78 is 3.99. The first-order valence-electron chi connectivity index (χ1n) is 8.65. The molecule has 0 unspecified atom stereocenters. The molecule has 0 bridgehead atoms. The average Bonchev–Trinajstić information content (AvgIpc) is 3.40. The number of carbonyl (C=O) groups is 1. The molecule has 7 heteroatoms. The zero-order valence-electron chi connectivity index (χ0n) is 14.2. The maximum absolute atomic E-state index is 12.9. The SMILES string of the molecule is O=C(c1ccc2[nH]ccc2c1)N1CCn2cc(Cn3cccn3)nc2C1. The molecule has 0 spiro atoms. The number of rotatable bonds is 3. The first kappa shape index (κ1) is 14.9. The molecule has 4 aromatic rings. The molecule has 0 saturated carbocycles. The molecule has 1 aliphatic heterocycles. The molecular formula is C19H18N6O. The fourth-order valence-electron chi connectivity index (χ4n) is 3.49. The van der Waals surface area contributed by atoms with Gasteiger partial charge >= 0.3 is 0 Å². The summed E-state index contributed by atoms with van der Waals surface area (Å²) in [6.07, 6.45) is 7.63. The van der Waals surface area contributed by atoms with Gasteiger partial charge in [0.05, 0.1) is 18.8 Å². The van der Waals surface area contributed by atoms with Crippen molar-refractivity contribution < 1.29 is 4.79 Å². The summed E-state index contributed by atoms with van der Waals surface area (Å²) in [5.74, 6) is 0.977. The van der Waals surface area contributed by atoms with E-state index < -0.39 is 0 Å². The van der Waals surface area contributed by atoms with Crippen LogP contribution in [0.1, 0.15) is 21.9 Å². The lowest BCUT2D eigenvalue weighted by Crippen LogP contribution is -2.38. The number of fused-ring (bicyclic) bond motifs is 2. The molecule has 7 nitrogen and oxygen atoms in total. The van der Waals surface area contributed by atoms with E-state index in [4.69, 9.17) is 4.98 Å². The molecule has 1 N–H and O–H groups in total. The van der Waals surface area contributed by atoms with Gasteiger partial charge in [0.1, 0.15) is 5.82 Å². The Labute approximate surface area is 149 Å². The fraction of sp³-hybridized carbons (Fsp3) is 0.211. The average molecular weight is 346 g/mol. The number of nitrogens with zero attached hydrogens (tertiary/aromatic N) is 5. The number of carbonyl (C=O) groups excluding carboxylic acids is 1. The molecule has 0 fully saturated rings. The van der Waals surface area contributed by atoms with E-state index in [2.05, 4.69) is 20.8 Å². The molecule has 26 heavy (non-hydrogen) atoms. The van der Waals surface area contributed by atoms with Crippen molar-refractivity contribution in [2.75, 3.05) is 6.54 Å². The number of nitrogens with one attached hydrogen (secondary N) is 1. The summed E-state index contributed by atoms with van der Waals surface area (Å²) in [5.41, 5.74) is 2.72. The Bertz CT molecular complexity index is 1070. The van der Waals surface area contributed by atoms with E-state index >= 15 is 0 Å². The third-order valence-electron chi connectivity index (χ3n) is 4.82. The van der Waals surface area contributed by atoms with Crippen molar-refractivity contribution in [3.63, 3.8) is 0 Å². The van der Waals surface area contributed by atoms with Crippen molar-refractivity contribution in [3.05, 3.63) is 72.2 Å². The first-order chi connectivity index (χ1) is 12.8. The third kappa shape index (κ3) is 2.57. The van der Waals surface area contributed by atoms with E-state index in [-0.39, 0.29) is 5.91 Å². The van der Waals surface area contributed by atoms with Gasteiger partial charge in [0, 0.05) is 54.3 Å². The maximum atomic E-state index is 12.9. The van der Waals surface area contributed by atoms with Crippen molar-refractivity contribution in [3.8, 4) is 0 Å². The number of imidazole rings is 1. The van der Waals surface area contributed by atoms with Crippen LogP contribution < -0.4 is 0 Å². The van der Waals surface area contributed by atoms with Gasteiger partial charge in [0.25, 0.3) is 5.91 Å². The minimum atomic E-state index is 0.0518. The molecule has 0 aliphatic carbocycles. The van der Waals surface area contributed by atoms with E-state index in [1.165, 1.54) is 0 Å². The van der Waals surface area contributed by atoms with Gasteiger partial charge in [0.2, 0.25) is 0 Å². The Morgan fingerprint density at radius 2 is 2.19 bits per heavy atom. The lowest BCUT2D eigenvalue weighted by Gasteiger charge is -2.27. The van der Waals surface area contributed by atoms with Gasteiger partial charge in [-0.25, -0.2) is 4.98 Å². The summed E-state index contributed by atoms with van der Waals surface area (Å²) in [6.45, 7) is 2.63. The third-order valence-corrected chi connectivity index (χ3v) is 4.82. The highest BCUT2D eigenvalue weighted by molar-refractivity contribution is 5.98.